The molecule has 2 heterocycles. The van der Waals surface area contributed by atoms with Gasteiger partial charge in [0.2, 0.25) is 17.2 Å². The summed E-state index contributed by atoms with van der Waals surface area (Å²) in [6.45, 7) is 3.57. The van der Waals surface area contributed by atoms with Crippen molar-refractivity contribution in [3.63, 3.8) is 0 Å². The first-order valence-electron chi connectivity index (χ1n) is 21.1. The second-order valence-electron chi connectivity index (χ2n) is 15.3. The summed E-state index contributed by atoms with van der Waals surface area (Å²) < 4.78 is 27.9. The van der Waals surface area contributed by atoms with Crippen LogP contribution >= 0.6 is 0 Å². The van der Waals surface area contributed by atoms with Crippen LogP contribution in [0.25, 0.3) is 10.9 Å². The van der Waals surface area contributed by atoms with Crippen molar-refractivity contribution in [2.75, 3.05) is 42.9 Å². The van der Waals surface area contributed by atoms with E-state index in [9.17, 15) is 33.9 Å². The van der Waals surface area contributed by atoms with Crippen molar-refractivity contribution in [2.45, 2.75) is 64.4 Å². The van der Waals surface area contributed by atoms with E-state index in [2.05, 4.69) is 16.0 Å². The molecule has 0 radical (unpaired) electrons. The number of alkyl carbamates (subject to hydrolysis) is 1. The molecule has 2 atom stereocenters. The Bertz CT molecular complexity index is 2480. The van der Waals surface area contributed by atoms with E-state index in [0.29, 0.717) is 49.1 Å². The maximum atomic E-state index is 15.4. The van der Waals surface area contributed by atoms with Gasteiger partial charge in [0.05, 0.1) is 11.2 Å². The highest BCUT2D eigenvalue weighted by molar-refractivity contribution is 5.98. The van der Waals surface area contributed by atoms with E-state index in [1.165, 1.54) is 17.2 Å². The molecule has 1 aromatic heterocycles. The quantitative estimate of drug-likeness (QED) is 0.0703. The van der Waals surface area contributed by atoms with Crippen molar-refractivity contribution >= 4 is 52.2 Å². The van der Waals surface area contributed by atoms with Gasteiger partial charge in [-0.15, -0.1) is 0 Å². The molecule has 4 amide bonds. The summed E-state index contributed by atoms with van der Waals surface area (Å²) in [5.74, 6) is -3.08. The first-order chi connectivity index (χ1) is 30.9. The van der Waals surface area contributed by atoms with E-state index in [0.717, 1.165) is 17.2 Å². The minimum absolute atomic E-state index is 0.0139. The third-order valence-electron chi connectivity index (χ3n) is 10.9. The van der Waals surface area contributed by atoms with E-state index in [-0.39, 0.29) is 56.9 Å². The SMILES string of the molecule is CCn1cc(C(=O)O)c(=O)c2cc(F)c(N3CCN(C(=O)OCc4ccc(NC(=O)C(CCCCN)NC(=O)C(Cc5ccccc5)NC(=O)OCc5ccccc5)cc4)CC3)cc21. The predicted molar refractivity (Wildman–Crippen MR) is 238 cm³/mol. The molecule has 1 aliphatic heterocycles. The number of carboxylic acids is 1. The number of fused-ring (bicyclic) bond motifs is 1. The lowest BCUT2D eigenvalue weighted by atomic mass is 10.0. The van der Waals surface area contributed by atoms with Gasteiger partial charge < -0.3 is 50.6 Å². The Morgan fingerprint density at radius 3 is 2.06 bits per heavy atom. The number of carbonyl (C=O) groups is 5. The number of carboxylic acid groups (broad SMARTS) is 1. The molecule has 0 bridgehead atoms. The van der Waals surface area contributed by atoms with Crippen LogP contribution in [0.15, 0.2) is 108 Å². The third kappa shape index (κ3) is 12.2. The van der Waals surface area contributed by atoms with Crippen LogP contribution in [-0.2, 0) is 45.2 Å². The first kappa shape index (κ1) is 46.2. The molecule has 0 aliphatic carbocycles. The molecule has 16 nitrogen and oxygen atoms in total. The summed E-state index contributed by atoms with van der Waals surface area (Å²) in [4.78, 5) is 81.0. The van der Waals surface area contributed by atoms with Crippen LogP contribution in [0.5, 0.6) is 0 Å². The van der Waals surface area contributed by atoms with Gasteiger partial charge in [0.15, 0.2) is 0 Å². The fraction of sp³-hybridized carbons (Fsp3) is 0.319. The van der Waals surface area contributed by atoms with Gasteiger partial charge in [0.25, 0.3) is 0 Å². The average molecular weight is 878 g/mol. The van der Waals surface area contributed by atoms with Gasteiger partial charge >= 0.3 is 18.2 Å². The number of nitrogens with zero attached hydrogens (tertiary/aromatic N) is 3. The highest BCUT2D eigenvalue weighted by Gasteiger charge is 2.29. The molecule has 6 rings (SSSR count). The predicted octanol–water partition coefficient (Wildman–Crippen LogP) is 5.41. The van der Waals surface area contributed by atoms with Gasteiger partial charge in [-0.2, -0.15) is 0 Å². The van der Waals surface area contributed by atoms with E-state index >= 15 is 4.39 Å². The van der Waals surface area contributed by atoms with Crippen LogP contribution in [0, 0.1) is 5.82 Å². The molecule has 1 saturated heterocycles. The standard InChI is InChI=1S/C47H52FN7O9/c1-2-53-28-36(45(59)60)42(56)35-26-37(48)41(27-40(35)53)54-21-23-55(24-22-54)47(62)64-30-33-16-18-34(19-17-33)50-43(57)38(15-9-10-20-49)51-44(58)39(25-31-11-5-3-6-12-31)52-46(61)63-29-32-13-7-4-8-14-32/h3-8,11-14,16-19,26-28,38-39H,2,9-10,15,20-25,29-30,49H2,1H3,(H,50,57)(H,51,58)(H,52,61)(H,59,60). The third-order valence-corrected chi connectivity index (χ3v) is 10.9. The Morgan fingerprint density at radius 2 is 1.42 bits per heavy atom. The Morgan fingerprint density at radius 1 is 0.781 bits per heavy atom. The van der Waals surface area contributed by atoms with Crippen LogP contribution in [0.1, 0.15) is 53.2 Å². The Balaban J connectivity index is 1.02. The number of benzene rings is 4. The molecule has 2 unspecified atom stereocenters. The van der Waals surface area contributed by atoms with Gasteiger partial charge in [-0.1, -0.05) is 72.8 Å². The summed E-state index contributed by atoms with van der Waals surface area (Å²) in [6, 6.07) is 25.6. The number of halogens is 1. The molecular weight excluding hydrogens is 826 g/mol. The number of rotatable bonds is 18. The molecule has 0 spiro atoms. The highest BCUT2D eigenvalue weighted by Crippen LogP contribution is 2.27. The normalized spacial score (nSPS) is 13.4. The summed E-state index contributed by atoms with van der Waals surface area (Å²) >= 11 is 0. The number of piperazine rings is 1. The fourth-order valence-corrected chi connectivity index (χ4v) is 7.34. The number of amides is 4. The monoisotopic (exact) mass is 877 g/mol. The number of nitrogens with one attached hydrogen (secondary N) is 3. The average Bonchev–Trinajstić information content (AvgIpc) is 3.30. The molecule has 64 heavy (non-hydrogen) atoms. The van der Waals surface area contributed by atoms with Crippen LogP contribution in [0.4, 0.5) is 25.4 Å². The summed E-state index contributed by atoms with van der Waals surface area (Å²) in [6.07, 6.45) is 1.56. The van der Waals surface area contributed by atoms with Crippen molar-refractivity contribution in [3.05, 3.63) is 142 Å². The van der Waals surface area contributed by atoms with E-state index in [1.54, 1.807) is 40.7 Å². The largest absolute Gasteiger partial charge is 0.477 e. The minimum atomic E-state index is -1.38. The van der Waals surface area contributed by atoms with Gasteiger partial charge in [0.1, 0.15) is 36.7 Å². The molecule has 6 N–H and O–H groups in total. The lowest BCUT2D eigenvalue weighted by Crippen LogP contribution is -2.53. The summed E-state index contributed by atoms with van der Waals surface area (Å²) in [5, 5.41) is 17.8. The van der Waals surface area contributed by atoms with Gasteiger partial charge in [-0.05, 0) is 73.7 Å². The molecule has 0 saturated carbocycles. The van der Waals surface area contributed by atoms with Crippen molar-refractivity contribution in [1.82, 2.24) is 20.1 Å². The molecule has 4 aromatic carbocycles. The Kier molecular flexibility index (Phi) is 16.0. The molecule has 5 aromatic rings. The first-order valence-corrected chi connectivity index (χ1v) is 21.1. The second kappa shape index (κ2) is 22.2. The van der Waals surface area contributed by atoms with Crippen molar-refractivity contribution in [1.29, 1.82) is 0 Å². The fourth-order valence-electron chi connectivity index (χ4n) is 7.34. The van der Waals surface area contributed by atoms with Gasteiger partial charge in [0, 0.05) is 56.4 Å². The minimum Gasteiger partial charge on any atom is -0.477 e. The molecule has 1 fully saturated rings. The number of aryl methyl sites for hydroxylation is 1. The number of hydrogen-bond acceptors (Lipinski definition) is 10. The second-order valence-corrected chi connectivity index (χ2v) is 15.3. The van der Waals surface area contributed by atoms with Gasteiger partial charge in [-0.3, -0.25) is 14.4 Å². The Hall–Kier alpha value is -7.27. The van der Waals surface area contributed by atoms with Crippen LogP contribution in [-0.4, -0.2) is 89.4 Å². The van der Waals surface area contributed by atoms with Crippen LogP contribution < -0.4 is 32.0 Å². The van der Waals surface area contributed by atoms with Gasteiger partial charge in [-0.25, -0.2) is 18.8 Å². The lowest BCUT2D eigenvalue weighted by molar-refractivity contribution is -0.128. The number of pyridine rings is 1. The zero-order chi connectivity index (χ0) is 45.6. The number of carbonyl (C=O) groups excluding carboxylic acids is 4. The van der Waals surface area contributed by atoms with Crippen molar-refractivity contribution in [2.24, 2.45) is 5.73 Å². The number of aromatic nitrogens is 1. The number of ether oxygens (including phenoxy) is 2. The maximum Gasteiger partial charge on any atom is 0.410 e. The van der Waals surface area contributed by atoms with E-state index in [1.807, 2.05) is 60.7 Å². The van der Waals surface area contributed by atoms with Crippen LogP contribution in [0.3, 0.4) is 0 Å². The number of nitrogens with two attached hydrogens (primary N) is 1. The number of anilines is 2. The van der Waals surface area contributed by atoms with E-state index < -0.39 is 58.9 Å². The molecule has 17 heteroatoms. The van der Waals surface area contributed by atoms with Crippen LogP contribution in [0.2, 0.25) is 0 Å². The molecule has 336 valence electrons. The summed E-state index contributed by atoms with van der Waals surface area (Å²) in [5.41, 5.74) is 7.85. The lowest BCUT2D eigenvalue weighted by Gasteiger charge is -2.35. The number of hydrogen-bond donors (Lipinski definition) is 5. The topological polar surface area (TPSA) is 215 Å². The van der Waals surface area contributed by atoms with Crippen molar-refractivity contribution in [3.8, 4) is 0 Å². The zero-order valence-electron chi connectivity index (χ0n) is 35.5. The Labute approximate surface area is 369 Å². The van der Waals surface area contributed by atoms with Crippen molar-refractivity contribution < 1.29 is 42.9 Å². The van der Waals surface area contributed by atoms with E-state index in [4.69, 9.17) is 15.2 Å². The highest BCUT2D eigenvalue weighted by atomic mass is 19.1. The molecule has 1 aliphatic rings. The maximum absolute atomic E-state index is 15.4. The zero-order valence-corrected chi connectivity index (χ0v) is 35.5. The number of aromatic carboxylic acids is 1. The smallest absolute Gasteiger partial charge is 0.410 e. The summed E-state index contributed by atoms with van der Waals surface area (Å²) in [7, 11) is 0. The number of unbranched alkanes of at least 4 members (excludes halogenated alkanes) is 1. The molecular formula is C47H52FN7O9.